The number of β-amino-alcohol motifs (C(OH)–C–C–N with tert-alkyl or cyclic N) is 1. The third-order valence-electron chi connectivity index (χ3n) is 4.72. The Morgan fingerprint density at radius 1 is 1.26 bits per heavy atom. The van der Waals surface area contributed by atoms with E-state index in [9.17, 15) is 14.7 Å². The van der Waals surface area contributed by atoms with Crippen molar-refractivity contribution in [3.8, 4) is 5.75 Å². The summed E-state index contributed by atoms with van der Waals surface area (Å²) in [5.41, 5.74) is 0.969. The lowest BCUT2D eigenvalue weighted by molar-refractivity contribution is -0.148. The number of hydrogen-bond acceptors (Lipinski definition) is 4. The van der Waals surface area contributed by atoms with Crippen LogP contribution in [0.15, 0.2) is 24.3 Å². The summed E-state index contributed by atoms with van der Waals surface area (Å²) in [5.74, 6) is 0.603. The van der Waals surface area contributed by atoms with E-state index in [-0.39, 0.29) is 23.8 Å². The first-order valence-corrected chi connectivity index (χ1v) is 7.87. The fourth-order valence-electron chi connectivity index (χ4n) is 3.35. The van der Waals surface area contributed by atoms with Crippen LogP contribution in [0.2, 0.25) is 0 Å². The number of methoxy groups -OCH3 is 1. The molecule has 2 aliphatic rings. The summed E-state index contributed by atoms with van der Waals surface area (Å²) in [4.78, 5) is 27.4. The molecule has 2 aliphatic heterocycles. The molecule has 1 aromatic rings. The molecule has 6 heteroatoms. The van der Waals surface area contributed by atoms with Crippen molar-refractivity contribution in [1.29, 1.82) is 0 Å². The van der Waals surface area contributed by atoms with Gasteiger partial charge >= 0.3 is 0 Å². The number of hydrogen-bond donors (Lipinski definition) is 1. The van der Waals surface area contributed by atoms with Crippen molar-refractivity contribution < 1.29 is 19.4 Å². The molecule has 23 heavy (non-hydrogen) atoms. The van der Waals surface area contributed by atoms with E-state index in [2.05, 4.69) is 0 Å². The van der Waals surface area contributed by atoms with E-state index in [4.69, 9.17) is 4.74 Å². The predicted molar refractivity (Wildman–Crippen MR) is 83.8 cm³/mol. The van der Waals surface area contributed by atoms with Gasteiger partial charge < -0.3 is 19.6 Å². The van der Waals surface area contributed by atoms with Crippen LogP contribution < -0.4 is 4.74 Å². The molecule has 0 radical (unpaired) electrons. The molecule has 1 N–H and O–H groups in total. The molecule has 0 spiro atoms. The Labute approximate surface area is 135 Å². The van der Waals surface area contributed by atoms with Gasteiger partial charge in [-0.3, -0.25) is 9.59 Å². The molecule has 6 nitrogen and oxygen atoms in total. The highest BCUT2D eigenvalue weighted by atomic mass is 16.5. The Kier molecular flexibility index (Phi) is 4.26. The molecule has 2 fully saturated rings. The summed E-state index contributed by atoms with van der Waals surface area (Å²) in [7, 11) is 1.61. The van der Waals surface area contributed by atoms with Crippen LogP contribution in [0.3, 0.4) is 0 Å². The number of rotatable bonds is 3. The third-order valence-corrected chi connectivity index (χ3v) is 4.72. The standard InChI is InChI=1S/C17H22N2O4/c1-11(20)18-8-13(9-18)17(22)19-10-14(21)7-16(19)12-4-3-5-15(6-12)23-2/h3-6,13-14,16,21H,7-10H2,1-2H3/t14-,16+/m0/s1. The Morgan fingerprint density at radius 2 is 2.00 bits per heavy atom. The highest BCUT2D eigenvalue weighted by molar-refractivity contribution is 5.84. The van der Waals surface area contributed by atoms with Crippen LogP contribution in [0.5, 0.6) is 5.75 Å². The van der Waals surface area contributed by atoms with Gasteiger partial charge in [0.05, 0.1) is 25.2 Å². The number of amides is 2. The summed E-state index contributed by atoms with van der Waals surface area (Å²) in [6.07, 6.45) is 0.0151. The molecule has 2 heterocycles. The van der Waals surface area contributed by atoms with Gasteiger partial charge in [0.15, 0.2) is 0 Å². The van der Waals surface area contributed by atoms with Crippen LogP contribution in [0, 0.1) is 5.92 Å². The fourth-order valence-corrected chi connectivity index (χ4v) is 3.35. The predicted octanol–water partition coefficient (Wildman–Crippen LogP) is 0.808. The number of likely N-dealkylation sites (tertiary alicyclic amines) is 2. The van der Waals surface area contributed by atoms with E-state index in [1.165, 1.54) is 6.92 Å². The summed E-state index contributed by atoms with van der Waals surface area (Å²) >= 11 is 0. The van der Waals surface area contributed by atoms with Crippen LogP contribution >= 0.6 is 0 Å². The van der Waals surface area contributed by atoms with Crippen molar-refractivity contribution in [3.63, 3.8) is 0 Å². The Morgan fingerprint density at radius 3 is 2.65 bits per heavy atom. The van der Waals surface area contributed by atoms with Gasteiger partial charge in [-0.2, -0.15) is 0 Å². The van der Waals surface area contributed by atoms with Gasteiger partial charge in [0.2, 0.25) is 11.8 Å². The van der Waals surface area contributed by atoms with E-state index in [0.29, 0.717) is 26.1 Å². The van der Waals surface area contributed by atoms with Crippen molar-refractivity contribution in [1.82, 2.24) is 9.80 Å². The molecular weight excluding hydrogens is 296 g/mol. The SMILES string of the molecule is COc1cccc([C@H]2C[C@H](O)CN2C(=O)C2CN(C(C)=O)C2)c1. The quantitative estimate of drug-likeness (QED) is 0.895. The molecule has 2 amide bonds. The average molecular weight is 318 g/mol. The first-order valence-electron chi connectivity index (χ1n) is 7.87. The topological polar surface area (TPSA) is 70.1 Å². The number of aliphatic hydroxyl groups is 1. The normalized spacial score (nSPS) is 24.5. The van der Waals surface area contributed by atoms with Gasteiger partial charge in [0.1, 0.15) is 5.75 Å². The Hall–Kier alpha value is -2.08. The fraction of sp³-hybridized carbons (Fsp3) is 0.529. The van der Waals surface area contributed by atoms with Crippen molar-refractivity contribution in [3.05, 3.63) is 29.8 Å². The molecule has 0 aliphatic carbocycles. The lowest BCUT2D eigenvalue weighted by atomic mass is 9.96. The molecule has 0 aromatic heterocycles. The van der Waals surface area contributed by atoms with Crippen molar-refractivity contribution in [2.75, 3.05) is 26.7 Å². The van der Waals surface area contributed by atoms with Crippen LogP contribution in [0.4, 0.5) is 0 Å². The van der Waals surface area contributed by atoms with Gasteiger partial charge in [-0.25, -0.2) is 0 Å². The monoisotopic (exact) mass is 318 g/mol. The van der Waals surface area contributed by atoms with Gasteiger partial charge in [-0.1, -0.05) is 12.1 Å². The zero-order valence-electron chi connectivity index (χ0n) is 13.4. The molecule has 0 saturated carbocycles. The summed E-state index contributed by atoms with van der Waals surface area (Å²) < 4.78 is 5.25. The zero-order valence-corrected chi connectivity index (χ0v) is 13.4. The summed E-state index contributed by atoms with van der Waals surface area (Å²) in [6.45, 7) is 2.81. The maximum Gasteiger partial charge on any atom is 0.229 e. The Bertz CT molecular complexity index is 612. The van der Waals surface area contributed by atoms with Crippen molar-refractivity contribution in [2.24, 2.45) is 5.92 Å². The minimum atomic E-state index is -0.515. The van der Waals surface area contributed by atoms with Crippen LogP contribution in [-0.2, 0) is 9.59 Å². The van der Waals surface area contributed by atoms with Crippen molar-refractivity contribution in [2.45, 2.75) is 25.5 Å². The number of aliphatic hydroxyl groups excluding tert-OH is 1. The average Bonchev–Trinajstić information content (AvgIpc) is 2.87. The van der Waals surface area contributed by atoms with Gasteiger partial charge in [-0.05, 0) is 24.1 Å². The molecule has 3 rings (SSSR count). The van der Waals surface area contributed by atoms with E-state index in [1.54, 1.807) is 16.9 Å². The van der Waals surface area contributed by atoms with E-state index in [0.717, 1.165) is 11.3 Å². The minimum absolute atomic E-state index is 0.000137. The largest absolute Gasteiger partial charge is 0.497 e. The second-order valence-corrected chi connectivity index (χ2v) is 6.29. The van der Waals surface area contributed by atoms with Crippen LogP contribution in [0.25, 0.3) is 0 Å². The second-order valence-electron chi connectivity index (χ2n) is 6.29. The highest BCUT2D eigenvalue weighted by Crippen LogP contribution is 2.35. The summed E-state index contributed by atoms with van der Waals surface area (Å²) in [5, 5.41) is 10.0. The highest BCUT2D eigenvalue weighted by Gasteiger charge is 2.42. The molecule has 2 atom stereocenters. The molecule has 0 bridgehead atoms. The summed E-state index contributed by atoms with van der Waals surface area (Å²) in [6, 6.07) is 7.47. The Balaban J connectivity index is 1.75. The molecule has 0 unspecified atom stereocenters. The minimum Gasteiger partial charge on any atom is -0.497 e. The molecular formula is C17H22N2O4. The third kappa shape index (κ3) is 3.03. The number of nitrogens with zero attached hydrogens (tertiary/aromatic N) is 2. The lowest BCUT2D eigenvalue weighted by Crippen LogP contribution is -2.55. The molecule has 1 aromatic carbocycles. The second kappa shape index (κ2) is 6.20. The maximum absolute atomic E-state index is 12.7. The number of carbonyl (C=O) groups excluding carboxylic acids is 2. The van der Waals surface area contributed by atoms with Gasteiger partial charge in [-0.15, -0.1) is 0 Å². The van der Waals surface area contributed by atoms with Crippen LogP contribution in [0.1, 0.15) is 24.9 Å². The van der Waals surface area contributed by atoms with E-state index >= 15 is 0 Å². The maximum atomic E-state index is 12.7. The smallest absolute Gasteiger partial charge is 0.229 e. The first kappa shape index (κ1) is 15.8. The first-order chi connectivity index (χ1) is 11.0. The molecule has 124 valence electrons. The lowest BCUT2D eigenvalue weighted by Gasteiger charge is -2.40. The zero-order chi connectivity index (χ0) is 16.6. The van der Waals surface area contributed by atoms with Gasteiger partial charge in [0, 0.05) is 26.6 Å². The van der Waals surface area contributed by atoms with Crippen LogP contribution in [-0.4, -0.2) is 59.6 Å². The number of benzene rings is 1. The van der Waals surface area contributed by atoms with Gasteiger partial charge in [0.25, 0.3) is 0 Å². The number of ether oxygens (including phenoxy) is 1. The van der Waals surface area contributed by atoms with Crippen molar-refractivity contribution >= 4 is 11.8 Å². The van der Waals surface area contributed by atoms with E-state index in [1.807, 2.05) is 24.3 Å². The number of carbonyl (C=O) groups is 2. The molecule has 2 saturated heterocycles. The van der Waals surface area contributed by atoms with E-state index < -0.39 is 6.10 Å².